The van der Waals surface area contributed by atoms with Gasteiger partial charge < -0.3 is 14.8 Å². The summed E-state index contributed by atoms with van der Waals surface area (Å²) >= 11 is 13.3. The molecule has 0 atom stereocenters. The molecule has 130 valence electrons. The van der Waals surface area contributed by atoms with E-state index in [0.717, 1.165) is 0 Å². The van der Waals surface area contributed by atoms with E-state index < -0.39 is 5.97 Å². The van der Waals surface area contributed by atoms with E-state index in [1.54, 1.807) is 18.2 Å². The number of anilines is 2. The summed E-state index contributed by atoms with van der Waals surface area (Å²) in [6.07, 6.45) is 1.34. The van der Waals surface area contributed by atoms with Gasteiger partial charge in [-0.05, 0) is 18.2 Å². The lowest BCUT2D eigenvalue weighted by molar-refractivity contribution is -0.139. The highest BCUT2D eigenvalue weighted by Gasteiger charge is 2.15. The molecule has 0 aliphatic carbocycles. The number of esters is 1. The molecule has 0 saturated carbocycles. The highest BCUT2D eigenvalue weighted by Crippen LogP contribution is 2.33. The second-order valence-corrected chi connectivity index (χ2v) is 6.37. The number of para-hydroxylation sites is 1. The van der Waals surface area contributed by atoms with E-state index in [2.05, 4.69) is 10.3 Å². The molecule has 0 unspecified atom stereocenters. The summed E-state index contributed by atoms with van der Waals surface area (Å²) in [7, 11) is 1.49. The third kappa shape index (κ3) is 5.44. The maximum atomic E-state index is 11.8. The SMILES string of the molecule is COCCOC(=O)/C(C#N)=C/c1sc(Nc2ccccc2Cl)nc1Cl. The van der Waals surface area contributed by atoms with E-state index in [1.165, 1.54) is 24.5 Å². The van der Waals surface area contributed by atoms with Crippen molar-refractivity contribution in [2.24, 2.45) is 0 Å². The predicted octanol–water partition coefficient (Wildman–Crippen LogP) is 4.29. The molecule has 0 saturated heterocycles. The molecular weight excluding hydrogens is 385 g/mol. The summed E-state index contributed by atoms with van der Waals surface area (Å²) in [6.45, 7) is 0.307. The molecule has 9 heteroatoms. The third-order valence-corrected chi connectivity index (χ3v) is 4.51. The van der Waals surface area contributed by atoms with Crippen molar-refractivity contribution in [3.8, 4) is 6.07 Å². The Morgan fingerprint density at radius 1 is 1.40 bits per heavy atom. The molecule has 0 spiro atoms. The first-order valence-corrected chi connectivity index (χ1v) is 8.58. The summed E-state index contributed by atoms with van der Waals surface area (Å²) in [5.41, 5.74) is 0.496. The van der Waals surface area contributed by atoms with Crippen molar-refractivity contribution in [3.63, 3.8) is 0 Å². The second kappa shape index (κ2) is 9.39. The van der Waals surface area contributed by atoms with Crippen molar-refractivity contribution in [2.75, 3.05) is 25.6 Å². The lowest BCUT2D eigenvalue weighted by Gasteiger charge is -2.03. The first-order valence-electron chi connectivity index (χ1n) is 7.01. The van der Waals surface area contributed by atoms with Crippen LogP contribution < -0.4 is 5.32 Å². The Morgan fingerprint density at radius 2 is 2.16 bits per heavy atom. The Hall–Kier alpha value is -2.11. The van der Waals surface area contributed by atoms with Crippen LogP contribution in [0, 0.1) is 11.3 Å². The molecular formula is C16H13Cl2N3O3S. The van der Waals surface area contributed by atoms with E-state index >= 15 is 0 Å². The van der Waals surface area contributed by atoms with Crippen molar-refractivity contribution < 1.29 is 14.3 Å². The number of methoxy groups -OCH3 is 1. The molecule has 0 amide bonds. The first kappa shape index (κ1) is 19.2. The lowest BCUT2D eigenvalue weighted by Crippen LogP contribution is -2.11. The number of hydrogen-bond acceptors (Lipinski definition) is 7. The molecule has 0 aliphatic heterocycles. The molecule has 25 heavy (non-hydrogen) atoms. The number of halogens is 2. The minimum Gasteiger partial charge on any atom is -0.459 e. The van der Waals surface area contributed by atoms with E-state index in [-0.39, 0.29) is 23.9 Å². The van der Waals surface area contributed by atoms with Gasteiger partial charge in [0.2, 0.25) is 0 Å². The van der Waals surface area contributed by atoms with E-state index in [0.29, 0.717) is 20.7 Å². The number of nitrogens with one attached hydrogen (secondary N) is 1. The largest absolute Gasteiger partial charge is 0.459 e. The quantitative estimate of drug-likeness (QED) is 0.324. The summed E-state index contributed by atoms with van der Waals surface area (Å²) in [5, 5.41) is 13.4. The molecule has 1 N–H and O–H groups in total. The second-order valence-electron chi connectivity index (χ2n) is 4.58. The number of carbonyl (C=O) groups excluding carboxylic acids is 1. The number of rotatable bonds is 7. The van der Waals surface area contributed by atoms with Crippen LogP contribution in [-0.4, -0.2) is 31.3 Å². The van der Waals surface area contributed by atoms with Crippen LogP contribution in [0.5, 0.6) is 0 Å². The number of carbonyl (C=O) groups is 1. The van der Waals surface area contributed by atoms with Gasteiger partial charge in [0.25, 0.3) is 0 Å². The molecule has 1 aromatic carbocycles. The third-order valence-electron chi connectivity index (χ3n) is 2.86. The van der Waals surface area contributed by atoms with Crippen LogP contribution in [0.3, 0.4) is 0 Å². The number of nitriles is 1. The fourth-order valence-corrected chi connectivity index (χ4v) is 3.00. The fourth-order valence-electron chi connectivity index (χ4n) is 1.70. The molecule has 2 rings (SSSR count). The normalized spacial score (nSPS) is 11.0. The Morgan fingerprint density at radius 3 is 2.84 bits per heavy atom. The number of benzene rings is 1. The zero-order valence-corrected chi connectivity index (χ0v) is 15.4. The van der Waals surface area contributed by atoms with Gasteiger partial charge in [0.05, 0.1) is 22.2 Å². The summed E-state index contributed by atoms with van der Waals surface area (Å²) in [6, 6.07) is 8.97. The van der Waals surface area contributed by atoms with Crippen LogP contribution in [0.1, 0.15) is 4.88 Å². The van der Waals surface area contributed by atoms with E-state index in [9.17, 15) is 4.79 Å². The van der Waals surface area contributed by atoms with Crippen LogP contribution >= 0.6 is 34.5 Å². The number of thiazole rings is 1. The molecule has 6 nitrogen and oxygen atoms in total. The number of aromatic nitrogens is 1. The van der Waals surface area contributed by atoms with Crippen LogP contribution in [0.25, 0.3) is 6.08 Å². The molecule has 0 radical (unpaired) electrons. The van der Waals surface area contributed by atoms with Gasteiger partial charge >= 0.3 is 5.97 Å². The van der Waals surface area contributed by atoms with Gasteiger partial charge in [-0.2, -0.15) is 5.26 Å². The summed E-state index contributed by atoms with van der Waals surface area (Å²) in [5.74, 6) is -0.746. The summed E-state index contributed by atoms with van der Waals surface area (Å²) < 4.78 is 9.70. The Bertz CT molecular complexity index is 830. The molecule has 0 bridgehead atoms. The van der Waals surface area contributed by atoms with Crippen LogP contribution in [-0.2, 0) is 14.3 Å². The summed E-state index contributed by atoms with van der Waals surface area (Å²) in [4.78, 5) is 16.5. The van der Waals surface area contributed by atoms with Crippen LogP contribution in [0.15, 0.2) is 29.8 Å². The standard InChI is InChI=1S/C16H13Cl2N3O3S/c1-23-6-7-24-15(22)10(9-19)8-13-14(18)21-16(25-13)20-12-5-3-2-4-11(12)17/h2-5,8H,6-7H2,1H3,(H,20,21)/b10-8+. The van der Waals surface area contributed by atoms with Crippen molar-refractivity contribution in [3.05, 3.63) is 44.9 Å². The lowest BCUT2D eigenvalue weighted by atomic mass is 10.2. The highest BCUT2D eigenvalue weighted by atomic mass is 35.5. The van der Waals surface area contributed by atoms with E-state index in [1.807, 2.05) is 12.1 Å². The van der Waals surface area contributed by atoms with Gasteiger partial charge in [-0.25, -0.2) is 9.78 Å². The average Bonchev–Trinajstić information content (AvgIpc) is 2.94. The molecule has 1 aromatic heterocycles. The van der Waals surface area contributed by atoms with Crippen LogP contribution in [0.2, 0.25) is 10.2 Å². The Kier molecular flexibility index (Phi) is 7.22. The fraction of sp³-hybridized carbons (Fsp3) is 0.188. The topological polar surface area (TPSA) is 84.2 Å². The van der Waals surface area contributed by atoms with Gasteiger partial charge in [-0.15, -0.1) is 0 Å². The highest BCUT2D eigenvalue weighted by molar-refractivity contribution is 7.17. The molecule has 0 aliphatic rings. The zero-order valence-electron chi connectivity index (χ0n) is 13.1. The minimum absolute atomic E-state index is 0.0596. The molecule has 1 heterocycles. The van der Waals surface area contributed by atoms with Gasteiger partial charge in [0.1, 0.15) is 23.4 Å². The van der Waals surface area contributed by atoms with Gasteiger partial charge in [-0.1, -0.05) is 46.7 Å². The van der Waals surface area contributed by atoms with Gasteiger partial charge in [-0.3, -0.25) is 0 Å². The Labute approximate surface area is 158 Å². The maximum Gasteiger partial charge on any atom is 0.349 e. The monoisotopic (exact) mass is 397 g/mol. The van der Waals surface area contributed by atoms with Crippen molar-refractivity contribution in [1.82, 2.24) is 4.98 Å². The van der Waals surface area contributed by atoms with Crippen LogP contribution in [0.4, 0.5) is 10.8 Å². The van der Waals surface area contributed by atoms with E-state index in [4.69, 9.17) is 37.9 Å². The van der Waals surface area contributed by atoms with Gasteiger partial charge in [0.15, 0.2) is 5.13 Å². The first-order chi connectivity index (χ1) is 12.0. The number of ether oxygens (including phenoxy) is 2. The van der Waals surface area contributed by atoms with Gasteiger partial charge in [0, 0.05) is 7.11 Å². The zero-order chi connectivity index (χ0) is 18.2. The predicted molar refractivity (Wildman–Crippen MR) is 98.3 cm³/mol. The average molecular weight is 398 g/mol. The van der Waals surface area contributed by atoms with Crippen molar-refractivity contribution in [2.45, 2.75) is 0 Å². The smallest absolute Gasteiger partial charge is 0.349 e. The van der Waals surface area contributed by atoms with Crippen molar-refractivity contribution >= 4 is 57.4 Å². The molecule has 2 aromatic rings. The number of hydrogen-bond donors (Lipinski definition) is 1. The minimum atomic E-state index is -0.746. The number of nitrogens with zero attached hydrogens (tertiary/aromatic N) is 2. The Balaban J connectivity index is 2.17. The van der Waals surface area contributed by atoms with Crippen molar-refractivity contribution in [1.29, 1.82) is 5.26 Å². The molecule has 0 fully saturated rings. The maximum absolute atomic E-state index is 11.8.